The van der Waals surface area contributed by atoms with E-state index in [0.29, 0.717) is 28.8 Å². The van der Waals surface area contributed by atoms with Gasteiger partial charge in [0.05, 0.1) is 28.2 Å². The Kier molecular flexibility index (Phi) is 10.00. The van der Waals surface area contributed by atoms with Gasteiger partial charge >= 0.3 is 0 Å². The first kappa shape index (κ1) is 38.0. The fourth-order valence-electron chi connectivity index (χ4n) is 9.89. The zero-order valence-electron chi connectivity index (χ0n) is 33.4. The standard InChI is InChI=1S/C45H48N10O5/c46-41-39-40(30-9-11-33(12-10-30)60-32-5-2-1-3-6-32)50-55(42(39)48-27-47-41)31-17-19-51(20-18-31)24-29-25-52(26-29)23-28-15-21-53(22-16-28)35-8-4-7-34-38(35)45(59)54(44(34)58)36-13-14-37(56)49-43(36)57/h1-12,27-29,31,36H,13-26H2,(H2,46,47,48)(H,49,56,57). The summed E-state index contributed by atoms with van der Waals surface area (Å²) < 4.78 is 8.08. The number of piperidine rings is 3. The third-order valence-corrected chi connectivity index (χ3v) is 13.0. The first-order valence-electron chi connectivity index (χ1n) is 21.1. The van der Waals surface area contributed by atoms with Crippen LogP contribution in [0.5, 0.6) is 11.5 Å². The van der Waals surface area contributed by atoms with Gasteiger partial charge in [0.1, 0.15) is 35.4 Å². The summed E-state index contributed by atoms with van der Waals surface area (Å²) in [7, 11) is 0. The topological polar surface area (TPSA) is 172 Å². The molecule has 0 bridgehead atoms. The second-order valence-electron chi connectivity index (χ2n) is 16.9. The Labute approximate surface area is 347 Å². The predicted octanol–water partition coefficient (Wildman–Crippen LogP) is 4.75. The number of aromatic nitrogens is 4. The molecule has 4 fully saturated rings. The summed E-state index contributed by atoms with van der Waals surface area (Å²) in [6.45, 7) is 8.00. The van der Waals surface area contributed by atoms with Crippen LogP contribution in [0.15, 0.2) is 79.1 Å². The second-order valence-corrected chi connectivity index (χ2v) is 16.9. The van der Waals surface area contributed by atoms with Crippen LogP contribution in [0.1, 0.15) is 65.3 Å². The third kappa shape index (κ3) is 7.15. The van der Waals surface area contributed by atoms with Gasteiger partial charge in [-0.25, -0.2) is 14.6 Å². The van der Waals surface area contributed by atoms with E-state index in [1.165, 1.54) is 6.33 Å². The molecule has 4 amide bonds. The molecule has 0 aliphatic carbocycles. The highest BCUT2D eigenvalue weighted by molar-refractivity contribution is 6.25. The van der Waals surface area contributed by atoms with Gasteiger partial charge in [-0.2, -0.15) is 5.10 Å². The normalized spacial score (nSPS) is 21.1. The van der Waals surface area contributed by atoms with Crippen LogP contribution in [0.2, 0.25) is 0 Å². The second kappa shape index (κ2) is 15.8. The van der Waals surface area contributed by atoms with Crippen molar-refractivity contribution in [3.8, 4) is 22.8 Å². The highest BCUT2D eigenvalue weighted by atomic mass is 16.5. The van der Waals surface area contributed by atoms with Gasteiger partial charge in [0.25, 0.3) is 11.8 Å². The van der Waals surface area contributed by atoms with Gasteiger partial charge in [0.15, 0.2) is 5.65 Å². The van der Waals surface area contributed by atoms with Crippen LogP contribution in [0.4, 0.5) is 11.5 Å². The maximum Gasteiger partial charge on any atom is 0.264 e. The number of likely N-dealkylation sites (tertiary alicyclic amines) is 2. The van der Waals surface area contributed by atoms with Crippen LogP contribution in [0.25, 0.3) is 22.3 Å². The van der Waals surface area contributed by atoms with E-state index in [1.807, 2.05) is 66.7 Å². The van der Waals surface area contributed by atoms with Gasteiger partial charge in [-0.05, 0) is 92.5 Å². The van der Waals surface area contributed by atoms with Gasteiger partial charge in [0.2, 0.25) is 11.8 Å². The molecular formula is C45H48N10O5. The molecule has 15 heteroatoms. The lowest BCUT2D eigenvalue weighted by atomic mass is 9.91. The molecule has 10 rings (SSSR count). The van der Waals surface area contributed by atoms with Crippen LogP contribution in [0.3, 0.4) is 0 Å². The lowest BCUT2D eigenvalue weighted by Gasteiger charge is -2.45. The minimum absolute atomic E-state index is 0.101. The number of imide groups is 2. The van der Waals surface area contributed by atoms with Crippen LogP contribution in [-0.2, 0) is 9.59 Å². The summed E-state index contributed by atoms with van der Waals surface area (Å²) in [6, 6.07) is 22.3. The number of ether oxygens (including phenoxy) is 1. The molecule has 308 valence electrons. The summed E-state index contributed by atoms with van der Waals surface area (Å²) in [5.74, 6) is 1.29. The number of amides is 4. The molecule has 0 radical (unpaired) electrons. The molecule has 5 aliphatic heterocycles. The molecule has 15 nitrogen and oxygen atoms in total. The highest BCUT2D eigenvalue weighted by Gasteiger charge is 2.46. The number of benzene rings is 3. The van der Waals surface area contributed by atoms with E-state index in [9.17, 15) is 19.2 Å². The summed E-state index contributed by atoms with van der Waals surface area (Å²) in [5, 5.41) is 8.18. The Balaban J connectivity index is 0.701. The molecule has 60 heavy (non-hydrogen) atoms. The fraction of sp³-hybridized carbons (Fsp3) is 0.400. The Morgan fingerprint density at radius 3 is 2.22 bits per heavy atom. The molecule has 1 atom stereocenters. The van der Waals surface area contributed by atoms with E-state index in [1.54, 1.807) is 6.07 Å². The zero-order chi connectivity index (χ0) is 40.9. The Morgan fingerprint density at radius 1 is 0.733 bits per heavy atom. The zero-order valence-corrected chi connectivity index (χ0v) is 33.4. The Hall–Kier alpha value is -6.19. The maximum absolute atomic E-state index is 13.7. The number of nitrogens with two attached hydrogens (primary N) is 1. The largest absolute Gasteiger partial charge is 0.457 e. The molecule has 3 aromatic carbocycles. The van der Waals surface area contributed by atoms with E-state index >= 15 is 0 Å². The van der Waals surface area contributed by atoms with Crippen LogP contribution in [0, 0.1) is 11.8 Å². The molecule has 5 aromatic rings. The average Bonchev–Trinajstić information content (AvgIpc) is 3.76. The number of nitrogens with zero attached hydrogens (tertiary/aromatic N) is 8. The predicted molar refractivity (Wildman–Crippen MR) is 224 cm³/mol. The van der Waals surface area contributed by atoms with Crippen LogP contribution >= 0.6 is 0 Å². The van der Waals surface area contributed by atoms with E-state index in [-0.39, 0.29) is 24.8 Å². The third-order valence-electron chi connectivity index (χ3n) is 13.0. The average molecular weight is 809 g/mol. The number of carbonyl (C=O) groups excluding carboxylic acids is 4. The number of hydrogen-bond acceptors (Lipinski definition) is 12. The van der Waals surface area contributed by atoms with E-state index in [2.05, 4.69) is 34.7 Å². The maximum atomic E-state index is 13.7. The van der Waals surface area contributed by atoms with Gasteiger partial charge < -0.3 is 25.2 Å². The number of hydrogen-bond donors (Lipinski definition) is 2. The van der Waals surface area contributed by atoms with E-state index in [0.717, 1.165) is 122 Å². The quantitative estimate of drug-likeness (QED) is 0.186. The minimum atomic E-state index is -0.967. The fourth-order valence-corrected chi connectivity index (χ4v) is 9.89. The van der Waals surface area contributed by atoms with Crippen LogP contribution in [-0.4, -0.2) is 116 Å². The molecule has 0 spiro atoms. The van der Waals surface area contributed by atoms with Gasteiger partial charge in [-0.3, -0.25) is 29.4 Å². The Bertz CT molecular complexity index is 2450. The molecule has 7 heterocycles. The van der Waals surface area contributed by atoms with Crippen molar-refractivity contribution in [1.29, 1.82) is 0 Å². The number of fused-ring (bicyclic) bond motifs is 2. The number of para-hydroxylation sites is 1. The van der Waals surface area contributed by atoms with Crippen LogP contribution < -0.4 is 20.7 Å². The van der Waals surface area contributed by atoms with Crippen molar-refractivity contribution in [3.05, 3.63) is 90.3 Å². The molecular weight excluding hydrogens is 761 g/mol. The van der Waals surface area contributed by atoms with Crippen molar-refractivity contribution in [2.24, 2.45) is 11.8 Å². The monoisotopic (exact) mass is 808 g/mol. The number of nitrogens with one attached hydrogen (secondary N) is 1. The van der Waals surface area contributed by atoms with Crippen molar-refractivity contribution < 1.29 is 23.9 Å². The van der Waals surface area contributed by atoms with E-state index < -0.39 is 23.8 Å². The summed E-state index contributed by atoms with van der Waals surface area (Å²) in [6.07, 6.45) is 5.75. The van der Waals surface area contributed by atoms with Crippen molar-refractivity contribution in [2.75, 3.05) is 63.0 Å². The number of rotatable bonds is 10. The SMILES string of the molecule is Nc1ncnc2c1c(-c1ccc(Oc3ccccc3)cc1)nn2C1CCN(CC2CN(CC3CCN(c4cccc5c4C(=O)N(C4CCC(=O)NC4=O)C5=O)CC3)C2)CC1. The van der Waals surface area contributed by atoms with E-state index in [4.69, 9.17) is 15.6 Å². The first-order chi connectivity index (χ1) is 29.3. The molecule has 1 unspecified atom stereocenters. The van der Waals surface area contributed by atoms with Crippen molar-refractivity contribution in [2.45, 2.75) is 50.6 Å². The summed E-state index contributed by atoms with van der Waals surface area (Å²) in [4.78, 5) is 68.7. The summed E-state index contributed by atoms with van der Waals surface area (Å²) >= 11 is 0. The van der Waals surface area contributed by atoms with Crippen molar-refractivity contribution in [3.63, 3.8) is 0 Å². The first-order valence-corrected chi connectivity index (χ1v) is 21.1. The smallest absolute Gasteiger partial charge is 0.264 e. The molecule has 2 aromatic heterocycles. The summed E-state index contributed by atoms with van der Waals surface area (Å²) in [5.41, 5.74) is 10.4. The lowest BCUT2D eigenvalue weighted by Crippen LogP contribution is -2.54. The van der Waals surface area contributed by atoms with Crippen molar-refractivity contribution in [1.82, 2.24) is 39.8 Å². The van der Waals surface area contributed by atoms with Gasteiger partial charge in [0, 0.05) is 64.3 Å². The number of nitrogen functional groups attached to an aromatic ring is 1. The molecule has 3 N–H and O–H groups in total. The van der Waals surface area contributed by atoms with Gasteiger partial charge in [-0.1, -0.05) is 24.3 Å². The lowest BCUT2D eigenvalue weighted by molar-refractivity contribution is -0.136. The number of anilines is 2. The number of carbonyl (C=O) groups is 4. The minimum Gasteiger partial charge on any atom is -0.457 e. The van der Waals surface area contributed by atoms with Gasteiger partial charge in [-0.15, -0.1) is 0 Å². The molecule has 5 aliphatic rings. The molecule has 4 saturated heterocycles. The molecule has 0 saturated carbocycles. The van der Waals surface area contributed by atoms with Crippen molar-refractivity contribution >= 4 is 46.2 Å². The highest BCUT2D eigenvalue weighted by Crippen LogP contribution is 2.38. The Morgan fingerprint density at radius 2 is 1.47 bits per heavy atom.